The quantitative estimate of drug-likeness (QED) is 0.672. The van der Waals surface area contributed by atoms with Gasteiger partial charge in [0, 0.05) is 12.6 Å². The summed E-state index contributed by atoms with van der Waals surface area (Å²) >= 11 is 6.13. The monoisotopic (exact) mass is 356 g/mol. The minimum Gasteiger partial charge on any atom is -0.377 e. The number of morpholine rings is 1. The van der Waals surface area contributed by atoms with Crippen LogP contribution in [0, 0.1) is 6.92 Å². The van der Waals surface area contributed by atoms with E-state index in [1.807, 2.05) is 41.9 Å². The predicted molar refractivity (Wildman–Crippen MR) is 94.0 cm³/mol. The summed E-state index contributed by atoms with van der Waals surface area (Å²) in [5.41, 5.74) is 0.956. The highest BCUT2D eigenvalue weighted by atomic mass is 35.5. The number of anilines is 1. The van der Waals surface area contributed by atoms with Crippen molar-refractivity contribution in [3.8, 4) is 5.69 Å². The minimum absolute atomic E-state index is 0.109. The van der Waals surface area contributed by atoms with Gasteiger partial charge in [0.1, 0.15) is 29.2 Å². The lowest BCUT2D eigenvalue weighted by Crippen LogP contribution is -2.41. The highest BCUT2D eigenvalue weighted by Crippen LogP contribution is 2.29. The van der Waals surface area contributed by atoms with E-state index in [9.17, 15) is 0 Å². The Hall–Kier alpha value is -2.51. The Morgan fingerprint density at radius 2 is 2.04 bits per heavy atom. The second kappa shape index (κ2) is 6.78. The third-order valence-electron chi connectivity index (χ3n) is 4.09. The SMILES string of the molecule is Cc1nc(Cl)cc(N2CCOC[C@H]2c2ncnn2-c2ccccc2)n1. The molecule has 1 aliphatic heterocycles. The maximum absolute atomic E-state index is 6.13. The zero-order valence-electron chi connectivity index (χ0n) is 13.7. The second-order valence-electron chi connectivity index (χ2n) is 5.75. The van der Waals surface area contributed by atoms with E-state index in [0.29, 0.717) is 30.7 Å². The van der Waals surface area contributed by atoms with Gasteiger partial charge in [-0.15, -0.1) is 0 Å². The van der Waals surface area contributed by atoms with Gasteiger partial charge in [-0.1, -0.05) is 29.8 Å². The Morgan fingerprint density at radius 3 is 2.84 bits per heavy atom. The topological polar surface area (TPSA) is 69.0 Å². The van der Waals surface area contributed by atoms with Crippen LogP contribution in [-0.2, 0) is 4.74 Å². The number of hydrogen-bond acceptors (Lipinski definition) is 6. The van der Waals surface area contributed by atoms with E-state index in [2.05, 4.69) is 25.0 Å². The van der Waals surface area contributed by atoms with E-state index in [0.717, 1.165) is 17.3 Å². The summed E-state index contributed by atoms with van der Waals surface area (Å²) in [5, 5.41) is 4.82. The Balaban J connectivity index is 1.75. The number of ether oxygens (including phenoxy) is 1. The van der Waals surface area contributed by atoms with Crippen LogP contribution in [0.5, 0.6) is 0 Å². The van der Waals surface area contributed by atoms with Crippen LogP contribution in [0.1, 0.15) is 17.7 Å². The van der Waals surface area contributed by atoms with Crippen LogP contribution in [-0.4, -0.2) is 44.5 Å². The van der Waals surface area contributed by atoms with Gasteiger partial charge < -0.3 is 9.64 Å². The van der Waals surface area contributed by atoms with Crippen molar-refractivity contribution in [2.24, 2.45) is 0 Å². The maximum atomic E-state index is 6.13. The lowest BCUT2D eigenvalue weighted by molar-refractivity contribution is 0.0906. The third-order valence-corrected chi connectivity index (χ3v) is 4.28. The molecule has 0 aliphatic carbocycles. The van der Waals surface area contributed by atoms with Crippen molar-refractivity contribution < 1.29 is 4.74 Å². The molecule has 2 aromatic heterocycles. The number of benzene rings is 1. The Labute approximate surface area is 150 Å². The molecule has 0 spiro atoms. The fraction of sp³-hybridized carbons (Fsp3) is 0.294. The highest BCUT2D eigenvalue weighted by molar-refractivity contribution is 6.29. The molecule has 8 heteroatoms. The lowest BCUT2D eigenvalue weighted by Gasteiger charge is -2.35. The summed E-state index contributed by atoms with van der Waals surface area (Å²) in [5.74, 6) is 2.21. The summed E-state index contributed by atoms with van der Waals surface area (Å²) in [7, 11) is 0. The van der Waals surface area contributed by atoms with Gasteiger partial charge in [-0.05, 0) is 19.1 Å². The number of nitrogens with zero attached hydrogens (tertiary/aromatic N) is 6. The fourth-order valence-corrected chi connectivity index (χ4v) is 3.22. The van der Waals surface area contributed by atoms with Crippen LogP contribution in [0.3, 0.4) is 0 Å². The van der Waals surface area contributed by atoms with Gasteiger partial charge >= 0.3 is 0 Å². The zero-order valence-corrected chi connectivity index (χ0v) is 14.5. The molecule has 0 N–H and O–H groups in total. The van der Waals surface area contributed by atoms with Gasteiger partial charge in [-0.2, -0.15) is 5.10 Å². The molecule has 1 saturated heterocycles. The van der Waals surface area contributed by atoms with Crippen molar-refractivity contribution in [3.05, 3.63) is 59.5 Å². The fourth-order valence-electron chi connectivity index (χ4n) is 3.00. The van der Waals surface area contributed by atoms with Gasteiger partial charge in [0.15, 0.2) is 5.82 Å². The largest absolute Gasteiger partial charge is 0.377 e. The molecular formula is C17H17ClN6O. The highest BCUT2D eigenvalue weighted by Gasteiger charge is 2.30. The van der Waals surface area contributed by atoms with Crippen LogP contribution >= 0.6 is 11.6 Å². The average Bonchev–Trinajstić information content (AvgIpc) is 3.11. The number of rotatable bonds is 3. The zero-order chi connectivity index (χ0) is 17.2. The third kappa shape index (κ3) is 3.20. The van der Waals surface area contributed by atoms with Crippen molar-refractivity contribution in [1.82, 2.24) is 24.7 Å². The maximum Gasteiger partial charge on any atom is 0.157 e. The molecule has 1 aliphatic rings. The molecule has 4 rings (SSSR count). The Bertz CT molecular complexity index is 848. The van der Waals surface area contributed by atoms with Gasteiger partial charge in [-0.3, -0.25) is 0 Å². The average molecular weight is 357 g/mol. The molecule has 3 aromatic rings. The van der Waals surface area contributed by atoms with Crippen molar-refractivity contribution >= 4 is 17.4 Å². The van der Waals surface area contributed by atoms with E-state index >= 15 is 0 Å². The first-order valence-electron chi connectivity index (χ1n) is 8.03. The molecule has 1 atom stereocenters. The Kier molecular flexibility index (Phi) is 4.33. The molecule has 0 radical (unpaired) electrons. The number of aromatic nitrogens is 5. The predicted octanol–water partition coefficient (Wildman–Crippen LogP) is 2.60. The van der Waals surface area contributed by atoms with Crippen LogP contribution in [0.2, 0.25) is 5.15 Å². The van der Waals surface area contributed by atoms with Crippen LogP contribution < -0.4 is 4.90 Å². The molecule has 0 saturated carbocycles. The molecule has 3 heterocycles. The number of halogens is 1. The van der Waals surface area contributed by atoms with Gasteiger partial charge in [-0.25, -0.2) is 19.6 Å². The molecule has 0 amide bonds. The minimum atomic E-state index is -0.109. The Morgan fingerprint density at radius 1 is 1.20 bits per heavy atom. The molecule has 128 valence electrons. The van der Waals surface area contributed by atoms with Gasteiger partial charge in [0.2, 0.25) is 0 Å². The molecule has 25 heavy (non-hydrogen) atoms. The smallest absolute Gasteiger partial charge is 0.157 e. The van der Waals surface area contributed by atoms with Crippen LogP contribution in [0.25, 0.3) is 5.69 Å². The first-order valence-corrected chi connectivity index (χ1v) is 8.41. The standard InChI is InChI=1S/C17H17ClN6O/c1-12-21-15(18)9-16(22-12)23-7-8-25-10-14(23)17-19-11-20-24(17)13-5-3-2-4-6-13/h2-6,9,11,14H,7-8,10H2,1H3/t14-/m0/s1. The van der Waals surface area contributed by atoms with Crippen molar-refractivity contribution in [2.75, 3.05) is 24.7 Å². The normalized spacial score (nSPS) is 17.7. The molecule has 0 unspecified atom stereocenters. The number of aryl methyl sites for hydroxylation is 1. The van der Waals surface area contributed by atoms with E-state index in [1.165, 1.54) is 0 Å². The van der Waals surface area contributed by atoms with Crippen LogP contribution in [0.15, 0.2) is 42.7 Å². The van der Waals surface area contributed by atoms with Crippen molar-refractivity contribution in [3.63, 3.8) is 0 Å². The molecule has 1 fully saturated rings. The first-order chi connectivity index (χ1) is 12.2. The summed E-state index contributed by atoms with van der Waals surface area (Å²) in [6.45, 7) is 3.65. The van der Waals surface area contributed by atoms with E-state index in [1.54, 1.807) is 12.4 Å². The summed E-state index contributed by atoms with van der Waals surface area (Å²) < 4.78 is 7.55. The molecule has 1 aromatic carbocycles. The molecule has 7 nitrogen and oxygen atoms in total. The number of para-hydroxylation sites is 1. The summed E-state index contributed by atoms with van der Waals surface area (Å²) in [4.78, 5) is 15.3. The van der Waals surface area contributed by atoms with Crippen molar-refractivity contribution in [1.29, 1.82) is 0 Å². The first kappa shape index (κ1) is 16.0. The number of hydrogen-bond donors (Lipinski definition) is 0. The van der Waals surface area contributed by atoms with Gasteiger partial charge in [0.25, 0.3) is 0 Å². The molecular weight excluding hydrogens is 340 g/mol. The second-order valence-corrected chi connectivity index (χ2v) is 6.13. The lowest BCUT2D eigenvalue weighted by atomic mass is 10.2. The van der Waals surface area contributed by atoms with E-state index < -0.39 is 0 Å². The summed E-state index contributed by atoms with van der Waals surface area (Å²) in [6, 6.07) is 11.6. The van der Waals surface area contributed by atoms with Crippen molar-refractivity contribution in [2.45, 2.75) is 13.0 Å². The van der Waals surface area contributed by atoms with Crippen LogP contribution in [0.4, 0.5) is 5.82 Å². The summed E-state index contributed by atoms with van der Waals surface area (Å²) in [6.07, 6.45) is 1.56. The molecule has 0 bridgehead atoms. The van der Waals surface area contributed by atoms with Gasteiger partial charge in [0.05, 0.1) is 18.9 Å². The van der Waals surface area contributed by atoms with E-state index in [4.69, 9.17) is 16.3 Å². The van der Waals surface area contributed by atoms with E-state index in [-0.39, 0.29) is 6.04 Å².